The van der Waals surface area contributed by atoms with Crippen LogP contribution in [0.5, 0.6) is 0 Å². The van der Waals surface area contributed by atoms with Gasteiger partial charge in [-0.15, -0.1) is 11.3 Å². The number of aromatic carboxylic acids is 1. The van der Waals surface area contributed by atoms with E-state index in [1.54, 1.807) is 12.1 Å². The van der Waals surface area contributed by atoms with E-state index in [4.69, 9.17) is 5.11 Å². The lowest BCUT2D eigenvalue weighted by atomic mass is 10.2. The van der Waals surface area contributed by atoms with Crippen LogP contribution in [-0.2, 0) is 19.5 Å². The zero-order chi connectivity index (χ0) is 13.7. The molecule has 0 saturated heterocycles. The molecule has 2 aromatic rings. The lowest BCUT2D eigenvalue weighted by Crippen LogP contribution is -2.13. The van der Waals surface area contributed by atoms with Crippen LogP contribution in [0.3, 0.4) is 0 Å². The van der Waals surface area contributed by atoms with Gasteiger partial charge in [0.25, 0.3) is 0 Å². The third kappa shape index (κ3) is 3.87. The maximum absolute atomic E-state index is 10.7. The van der Waals surface area contributed by atoms with Crippen molar-refractivity contribution in [2.75, 3.05) is 0 Å². The zero-order valence-corrected chi connectivity index (χ0v) is 11.5. The van der Waals surface area contributed by atoms with Crippen molar-refractivity contribution in [1.29, 1.82) is 0 Å². The quantitative estimate of drug-likeness (QED) is 0.851. The summed E-state index contributed by atoms with van der Waals surface area (Å²) >= 11 is 1.81. The van der Waals surface area contributed by atoms with Crippen LogP contribution in [0.4, 0.5) is 0 Å². The number of carboxylic acids is 1. The summed E-state index contributed by atoms with van der Waals surface area (Å²) in [6.07, 6.45) is 2.46. The summed E-state index contributed by atoms with van der Waals surface area (Å²) in [5, 5.41) is 12.1. The van der Waals surface area contributed by atoms with Gasteiger partial charge in [-0.1, -0.05) is 6.92 Å². The van der Waals surface area contributed by atoms with Crippen LogP contribution in [0.1, 0.15) is 32.7 Å². The fourth-order valence-corrected chi connectivity index (χ4v) is 2.60. The summed E-state index contributed by atoms with van der Waals surface area (Å²) in [6.45, 7) is 3.60. The van der Waals surface area contributed by atoms with Gasteiger partial charge in [0.2, 0.25) is 0 Å². The summed E-state index contributed by atoms with van der Waals surface area (Å²) in [6, 6.07) is 7.61. The molecule has 2 aromatic heterocycles. The molecule has 19 heavy (non-hydrogen) atoms. The Balaban J connectivity index is 1.83. The Morgan fingerprint density at radius 3 is 2.63 bits per heavy atom. The molecule has 0 aliphatic carbocycles. The number of thiophene rings is 1. The van der Waals surface area contributed by atoms with Crippen molar-refractivity contribution in [1.82, 2.24) is 10.3 Å². The van der Waals surface area contributed by atoms with Crippen molar-refractivity contribution in [3.8, 4) is 0 Å². The van der Waals surface area contributed by atoms with E-state index >= 15 is 0 Å². The number of nitrogens with zero attached hydrogens (tertiary/aromatic N) is 1. The molecule has 0 aliphatic heterocycles. The van der Waals surface area contributed by atoms with Crippen molar-refractivity contribution < 1.29 is 9.90 Å². The monoisotopic (exact) mass is 276 g/mol. The molecule has 0 aliphatic rings. The Morgan fingerprint density at radius 1 is 1.26 bits per heavy atom. The van der Waals surface area contributed by atoms with Gasteiger partial charge in [0.15, 0.2) is 0 Å². The first-order valence-corrected chi connectivity index (χ1v) is 6.97. The highest BCUT2D eigenvalue weighted by Crippen LogP contribution is 2.16. The molecule has 0 bridgehead atoms. The molecule has 0 spiro atoms. The molecule has 2 N–H and O–H groups in total. The lowest BCUT2D eigenvalue weighted by Gasteiger charge is -2.03. The van der Waals surface area contributed by atoms with Gasteiger partial charge in [0, 0.05) is 29.0 Å². The third-order valence-electron chi connectivity index (χ3n) is 2.74. The Morgan fingerprint density at radius 2 is 2.05 bits per heavy atom. The number of rotatable bonds is 6. The summed E-state index contributed by atoms with van der Waals surface area (Å²) in [5.41, 5.74) is 1.06. The number of aryl methyl sites for hydroxylation is 1. The lowest BCUT2D eigenvalue weighted by molar-refractivity contribution is 0.0696. The minimum Gasteiger partial charge on any atom is -0.478 e. The number of hydrogen-bond donors (Lipinski definition) is 2. The molecule has 0 aromatic carbocycles. The van der Waals surface area contributed by atoms with Gasteiger partial charge < -0.3 is 10.4 Å². The minimum absolute atomic E-state index is 0.217. The standard InChI is InChI=1S/C14H16N2O2S/c1-2-12-5-6-13(19-12)9-15-8-11-4-3-10(7-16-11)14(17)18/h3-7,15H,2,8-9H2,1H3,(H,17,18). The molecule has 2 heterocycles. The Labute approximate surface area is 116 Å². The van der Waals surface area contributed by atoms with E-state index in [-0.39, 0.29) is 5.56 Å². The predicted molar refractivity (Wildman–Crippen MR) is 75.4 cm³/mol. The molecule has 100 valence electrons. The average Bonchev–Trinajstić information content (AvgIpc) is 2.87. The van der Waals surface area contributed by atoms with Crippen LogP contribution >= 0.6 is 11.3 Å². The van der Waals surface area contributed by atoms with Crippen molar-refractivity contribution in [3.63, 3.8) is 0 Å². The highest BCUT2D eigenvalue weighted by molar-refractivity contribution is 7.11. The fraction of sp³-hybridized carbons (Fsp3) is 0.286. The van der Waals surface area contributed by atoms with E-state index in [2.05, 4.69) is 29.4 Å². The highest BCUT2D eigenvalue weighted by Gasteiger charge is 2.03. The van der Waals surface area contributed by atoms with Gasteiger partial charge >= 0.3 is 5.97 Å². The molecule has 4 nitrogen and oxygen atoms in total. The van der Waals surface area contributed by atoms with Crippen LogP contribution in [0.25, 0.3) is 0 Å². The number of nitrogens with one attached hydrogen (secondary N) is 1. The van der Waals surface area contributed by atoms with Gasteiger partial charge in [-0.05, 0) is 30.7 Å². The van der Waals surface area contributed by atoms with Crippen molar-refractivity contribution >= 4 is 17.3 Å². The van der Waals surface area contributed by atoms with Gasteiger partial charge in [0.05, 0.1) is 11.3 Å². The van der Waals surface area contributed by atoms with Crippen molar-refractivity contribution in [2.45, 2.75) is 26.4 Å². The second-order valence-corrected chi connectivity index (χ2v) is 5.42. The first kappa shape index (κ1) is 13.7. The third-order valence-corrected chi connectivity index (χ3v) is 3.97. The van der Waals surface area contributed by atoms with Crippen LogP contribution in [0.2, 0.25) is 0 Å². The molecule has 5 heteroatoms. The molecular weight excluding hydrogens is 260 g/mol. The summed E-state index contributed by atoms with van der Waals surface area (Å²) in [5.74, 6) is -0.947. The van der Waals surface area contributed by atoms with Crippen LogP contribution < -0.4 is 5.32 Å². The average molecular weight is 276 g/mol. The van der Waals surface area contributed by atoms with E-state index < -0.39 is 5.97 Å². The fourth-order valence-electron chi connectivity index (χ4n) is 1.68. The maximum Gasteiger partial charge on any atom is 0.337 e. The molecule has 0 unspecified atom stereocenters. The number of pyridine rings is 1. The number of carbonyl (C=O) groups is 1. The zero-order valence-electron chi connectivity index (χ0n) is 10.7. The molecule has 0 saturated carbocycles. The Bertz CT molecular complexity index is 549. The minimum atomic E-state index is -0.947. The van der Waals surface area contributed by atoms with Gasteiger partial charge in [-0.2, -0.15) is 0 Å². The van der Waals surface area contributed by atoms with Crippen LogP contribution in [0.15, 0.2) is 30.5 Å². The van der Waals surface area contributed by atoms with Crippen molar-refractivity contribution in [2.24, 2.45) is 0 Å². The summed E-state index contributed by atoms with van der Waals surface area (Å²) in [4.78, 5) is 17.5. The van der Waals surface area contributed by atoms with Gasteiger partial charge in [0.1, 0.15) is 0 Å². The second-order valence-electron chi connectivity index (χ2n) is 4.17. The topological polar surface area (TPSA) is 62.2 Å². The largest absolute Gasteiger partial charge is 0.478 e. The van der Waals surface area contributed by atoms with Gasteiger partial charge in [-0.25, -0.2) is 4.79 Å². The highest BCUT2D eigenvalue weighted by atomic mass is 32.1. The first-order chi connectivity index (χ1) is 9.19. The smallest absolute Gasteiger partial charge is 0.337 e. The molecular formula is C14H16N2O2S. The number of carboxylic acid groups (broad SMARTS) is 1. The predicted octanol–water partition coefficient (Wildman–Crippen LogP) is 2.69. The maximum atomic E-state index is 10.7. The first-order valence-electron chi connectivity index (χ1n) is 6.15. The Hall–Kier alpha value is -1.72. The number of hydrogen-bond acceptors (Lipinski definition) is 4. The molecule has 0 atom stereocenters. The van der Waals surface area contributed by atoms with E-state index in [0.29, 0.717) is 6.54 Å². The second kappa shape index (κ2) is 6.45. The SMILES string of the molecule is CCc1ccc(CNCc2ccc(C(=O)O)cn2)s1. The molecule has 0 radical (unpaired) electrons. The summed E-state index contributed by atoms with van der Waals surface area (Å²) < 4.78 is 0. The number of aromatic nitrogens is 1. The molecule has 0 fully saturated rings. The van der Waals surface area contributed by atoms with E-state index in [1.165, 1.54) is 16.0 Å². The molecule has 2 rings (SSSR count). The van der Waals surface area contributed by atoms with E-state index in [1.807, 2.05) is 11.3 Å². The van der Waals surface area contributed by atoms with E-state index in [9.17, 15) is 4.79 Å². The van der Waals surface area contributed by atoms with Crippen LogP contribution in [0, 0.1) is 0 Å². The molecule has 0 amide bonds. The van der Waals surface area contributed by atoms with E-state index in [0.717, 1.165) is 18.7 Å². The van der Waals surface area contributed by atoms with Crippen molar-refractivity contribution in [3.05, 3.63) is 51.5 Å². The Kier molecular flexibility index (Phi) is 4.65. The normalized spacial score (nSPS) is 10.6. The van der Waals surface area contributed by atoms with Gasteiger partial charge in [-0.3, -0.25) is 4.98 Å². The summed E-state index contributed by atoms with van der Waals surface area (Å²) in [7, 11) is 0. The van der Waals surface area contributed by atoms with Crippen LogP contribution in [-0.4, -0.2) is 16.1 Å².